The molecule has 2 unspecified atom stereocenters. The van der Waals surface area contributed by atoms with Crippen molar-refractivity contribution in [3.63, 3.8) is 0 Å². The number of nitrogens with one attached hydrogen (secondary N) is 1. The van der Waals surface area contributed by atoms with Crippen LogP contribution >= 0.6 is 11.9 Å². The molecule has 1 amide bonds. The van der Waals surface area contributed by atoms with Gasteiger partial charge in [0.25, 0.3) is 0 Å². The zero-order valence-corrected chi connectivity index (χ0v) is 16.0. The van der Waals surface area contributed by atoms with Crippen molar-refractivity contribution in [1.29, 1.82) is 0 Å². The van der Waals surface area contributed by atoms with Gasteiger partial charge in [-0.15, -0.1) is 0 Å². The Kier molecular flexibility index (Phi) is 7.68. The van der Waals surface area contributed by atoms with Crippen LogP contribution in [0.1, 0.15) is 46.0 Å². The van der Waals surface area contributed by atoms with E-state index in [0.29, 0.717) is 6.54 Å². The van der Waals surface area contributed by atoms with E-state index in [-0.39, 0.29) is 11.9 Å². The predicted molar refractivity (Wildman–Crippen MR) is 101 cm³/mol. The van der Waals surface area contributed by atoms with Crippen molar-refractivity contribution in [3.05, 3.63) is 24.4 Å². The van der Waals surface area contributed by atoms with E-state index in [1.54, 1.807) is 6.20 Å². The van der Waals surface area contributed by atoms with Gasteiger partial charge in [0, 0.05) is 19.3 Å². The summed E-state index contributed by atoms with van der Waals surface area (Å²) in [5, 5.41) is 14.3. The van der Waals surface area contributed by atoms with Crippen molar-refractivity contribution in [2.75, 3.05) is 13.1 Å². The van der Waals surface area contributed by atoms with Gasteiger partial charge in [0.05, 0.1) is 17.7 Å². The van der Waals surface area contributed by atoms with Crippen LogP contribution in [0.2, 0.25) is 0 Å². The Labute approximate surface area is 154 Å². The molecule has 0 spiro atoms. The number of pyridine rings is 1. The van der Waals surface area contributed by atoms with Gasteiger partial charge in [0.15, 0.2) is 0 Å². The molecule has 2 rings (SSSR count). The van der Waals surface area contributed by atoms with E-state index >= 15 is 0 Å². The van der Waals surface area contributed by atoms with Crippen LogP contribution < -0.4 is 11.1 Å². The lowest BCUT2D eigenvalue weighted by molar-refractivity contribution is -0.129. The Hall–Kier alpha value is -1.15. The fourth-order valence-electron chi connectivity index (χ4n) is 2.99. The van der Waals surface area contributed by atoms with Gasteiger partial charge >= 0.3 is 0 Å². The Morgan fingerprint density at radius 1 is 1.44 bits per heavy atom. The Morgan fingerprint density at radius 2 is 2.16 bits per heavy atom. The lowest BCUT2D eigenvalue weighted by Crippen LogP contribution is -2.58. The van der Waals surface area contributed by atoms with Gasteiger partial charge in [0.2, 0.25) is 5.91 Å². The summed E-state index contributed by atoms with van der Waals surface area (Å²) in [4.78, 5) is 16.8. The van der Waals surface area contributed by atoms with Gasteiger partial charge in [-0.3, -0.25) is 4.79 Å². The molecule has 2 atom stereocenters. The van der Waals surface area contributed by atoms with Crippen molar-refractivity contribution >= 4 is 17.9 Å². The fraction of sp³-hybridized carbons (Fsp3) is 0.667. The number of rotatable bonds is 8. The first-order chi connectivity index (χ1) is 11.9. The largest absolute Gasteiger partial charge is 0.390 e. The lowest BCUT2D eigenvalue weighted by Gasteiger charge is -2.34. The number of amides is 1. The molecular formula is C18H30N4O2S. The van der Waals surface area contributed by atoms with Gasteiger partial charge in [0.1, 0.15) is 5.03 Å². The van der Waals surface area contributed by atoms with E-state index in [1.807, 2.05) is 36.4 Å². The molecule has 0 radical (unpaired) electrons. The van der Waals surface area contributed by atoms with Gasteiger partial charge in [-0.05, 0) is 43.8 Å². The molecule has 0 aliphatic heterocycles. The number of hydrogen-bond acceptors (Lipinski definition) is 6. The molecule has 0 saturated heterocycles. The van der Waals surface area contributed by atoms with E-state index in [4.69, 9.17) is 5.73 Å². The van der Waals surface area contributed by atoms with E-state index in [1.165, 1.54) is 11.9 Å². The summed E-state index contributed by atoms with van der Waals surface area (Å²) in [6.45, 7) is 5.06. The van der Waals surface area contributed by atoms with Crippen LogP contribution in [0.4, 0.5) is 0 Å². The Bertz CT molecular complexity index is 537. The van der Waals surface area contributed by atoms with Crippen molar-refractivity contribution in [2.24, 2.45) is 5.73 Å². The maximum absolute atomic E-state index is 12.5. The van der Waals surface area contributed by atoms with Crippen LogP contribution in [-0.4, -0.2) is 51.1 Å². The number of aliphatic hydroxyl groups is 1. The van der Waals surface area contributed by atoms with Crippen LogP contribution in [0, 0.1) is 0 Å². The standard InChI is InChI=1S/C18H30N4O2S/c1-3-22(25-16-9-5-8-12-20-16)13-15(23)14(2)21-17(24)18(19)10-6-4-7-11-18/h5,8-9,12,14-15,23H,3-4,6-7,10-11,13,19H2,1-2H3,(H,21,24). The second-order valence-electron chi connectivity index (χ2n) is 6.79. The molecular weight excluding hydrogens is 336 g/mol. The second-order valence-corrected chi connectivity index (χ2v) is 7.90. The summed E-state index contributed by atoms with van der Waals surface area (Å²) in [7, 11) is 0. The monoisotopic (exact) mass is 366 g/mol. The third-order valence-electron chi connectivity index (χ3n) is 4.74. The minimum Gasteiger partial charge on any atom is -0.390 e. The first-order valence-corrected chi connectivity index (χ1v) is 9.84. The average molecular weight is 367 g/mol. The second kappa shape index (κ2) is 9.52. The first kappa shape index (κ1) is 20.2. The molecule has 1 heterocycles. The molecule has 6 nitrogen and oxygen atoms in total. The highest BCUT2D eigenvalue weighted by Gasteiger charge is 2.36. The third-order valence-corrected chi connectivity index (χ3v) is 5.83. The van der Waals surface area contributed by atoms with Crippen molar-refractivity contribution in [3.8, 4) is 0 Å². The van der Waals surface area contributed by atoms with Gasteiger partial charge < -0.3 is 16.2 Å². The van der Waals surface area contributed by atoms with E-state index in [9.17, 15) is 9.90 Å². The molecule has 4 N–H and O–H groups in total. The number of likely N-dealkylation sites (N-methyl/N-ethyl adjacent to an activating group) is 1. The maximum atomic E-state index is 12.5. The van der Waals surface area contributed by atoms with Crippen molar-refractivity contribution in [2.45, 2.75) is 68.7 Å². The summed E-state index contributed by atoms with van der Waals surface area (Å²) in [6, 6.07) is 5.40. The Morgan fingerprint density at radius 3 is 2.76 bits per heavy atom. The van der Waals surface area contributed by atoms with Crippen LogP contribution in [0.5, 0.6) is 0 Å². The first-order valence-electron chi connectivity index (χ1n) is 9.06. The molecule has 1 saturated carbocycles. The lowest BCUT2D eigenvalue weighted by atomic mass is 9.81. The number of hydrogen-bond donors (Lipinski definition) is 3. The number of nitrogens with zero attached hydrogens (tertiary/aromatic N) is 2. The molecule has 25 heavy (non-hydrogen) atoms. The van der Waals surface area contributed by atoms with E-state index in [0.717, 1.165) is 43.7 Å². The summed E-state index contributed by atoms with van der Waals surface area (Å²) in [6.07, 6.45) is 5.64. The molecule has 1 fully saturated rings. The van der Waals surface area contributed by atoms with E-state index in [2.05, 4.69) is 10.3 Å². The number of nitrogens with two attached hydrogens (primary N) is 1. The highest BCUT2D eigenvalue weighted by atomic mass is 32.2. The molecule has 1 aliphatic rings. The summed E-state index contributed by atoms with van der Waals surface area (Å²) < 4.78 is 2.04. The van der Waals surface area contributed by atoms with Crippen LogP contribution in [-0.2, 0) is 4.79 Å². The quantitative estimate of drug-likeness (QED) is 0.609. The minimum atomic E-state index is -0.778. The summed E-state index contributed by atoms with van der Waals surface area (Å²) in [5.74, 6) is -0.140. The van der Waals surface area contributed by atoms with Gasteiger partial charge in [-0.2, -0.15) is 0 Å². The van der Waals surface area contributed by atoms with Crippen molar-refractivity contribution in [1.82, 2.24) is 14.6 Å². The molecule has 1 aromatic rings. The van der Waals surface area contributed by atoms with Crippen LogP contribution in [0.25, 0.3) is 0 Å². The number of carbonyl (C=O) groups excluding carboxylic acids is 1. The maximum Gasteiger partial charge on any atom is 0.240 e. The number of aliphatic hydroxyl groups excluding tert-OH is 1. The predicted octanol–water partition coefficient (Wildman–Crippen LogP) is 1.94. The van der Waals surface area contributed by atoms with Crippen LogP contribution in [0.15, 0.2) is 29.4 Å². The van der Waals surface area contributed by atoms with Crippen LogP contribution in [0.3, 0.4) is 0 Å². The minimum absolute atomic E-state index is 0.140. The molecule has 140 valence electrons. The zero-order valence-electron chi connectivity index (χ0n) is 15.1. The SMILES string of the molecule is CCN(CC(O)C(C)NC(=O)C1(N)CCCCC1)Sc1ccccn1. The van der Waals surface area contributed by atoms with E-state index < -0.39 is 11.6 Å². The normalized spacial score (nSPS) is 19.4. The molecule has 7 heteroatoms. The fourth-order valence-corrected chi connectivity index (χ4v) is 3.86. The molecule has 1 aromatic heterocycles. The van der Waals surface area contributed by atoms with Gasteiger partial charge in [-0.25, -0.2) is 9.29 Å². The zero-order chi connectivity index (χ0) is 18.3. The van der Waals surface area contributed by atoms with Crippen molar-refractivity contribution < 1.29 is 9.90 Å². The Balaban J connectivity index is 1.85. The number of aromatic nitrogens is 1. The molecule has 0 aromatic carbocycles. The molecule has 1 aliphatic carbocycles. The third kappa shape index (κ3) is 5.95. The highest BCUT2D eigenvalue weighted by Crippen LogP contribution is 2.26. The molecule has 0 bridgehead atoms. The summed E-state index contributed by atoms with van der Waals surface area (Å²) >= 11 is 1.51. The average Bonchev–Trinajstić information content (AvgIpc) is 2.62. The summed E-state index contributed by atoms with van der Waals surface area (Å²) in [5.41, 5.74) is 5.49. The highest BCUT2D eigenvalue weighted by molar-refractivity contribution is 7.97. The smallest absolute Gasteiger partial charge is 0.240 e. The number of carbonyl (C=O) groups is 1. The topological polar surface area (TPSA) is 91.5 Å². The van der Waals surface area contributed by atoms with Gasteiger partial charge in [-0.1, -0.05) is 32.3 Å².